The topological polar surface area (TPSA) is 143 Å². The van der Waals surface area contributed by atoms with Crippen LogP contribution in [0.5, 0.6) is 0 Å². The second-order valence-electron chi connectivity index (χ2n) is 12.9. The van der Waals surface area contributed by atoms with Crippen LogP contribution in [-0.4, -0.2) is 49.0 Å². The van der Waals surface area contributed by atoms with Gasteiger partial charge in [-0.25, -0.2) is 0 Å². The number of hydrogen-bond donors (Lipinski definition) is 2. The zero-order valence-electron chi connectivity index (χ0n) is 24.6. The van der Waals surface area contributed by atoms with Gasteiger partial charge in [-0.05, 0) is 69.9 Å². The lowest BCUT2D eigenvalue weighted by Crippen LogP contribution is -2.45. The van der Waals surface area contributed by atoms with Crippen molar-refractivity contribution in [3.05, 3.63) is 46.5 Å². The lowest BCUT2D eigenvalue weighted by Gasteiger charge is -2.40. The molecule has 2 aliphatic carbocycles. The van der Waals surface area contributed by atoms with Gasteiger partial charge in [0.2, 0.25) is 0 Å². The van der Waals surface area contributed by atoms with Crippen LogP contribution in [-0.2, 0) is 29.8 Å². The molecule has 0 radical (unpaired) electrons. The summed E-state index contributed by atoms with van der Waals surface area (Å²) in [4.78, 5) is 27.2. The quantitative estimate of drug-likeness (QED) is 0.296. The monoisotopic (exact) mass is 594 g/mol. The number of ketones is 2. The molecule has 1 aromatic rings. The van der Waals surface area contributed by atoms with Crippen molar-refractivity contribution in [3.8, 4) is 0 Å². The smallest absolute Gasteiger partial charge is 0.265 e. The van der Waals surface area contributed by atoms with E-state index in [2.05, 4.69) is 0 Å². The van der Waals surface area contributed by atoms with Crippen LogP contribution in [0, 0.1) is 33.5 Å². The lowest BCUT2D eigenvalue weighted by molar-refractivity contribution is -0.126. The Hall–Kier alpha value is -2.14. The first-order valence-electron chi connectivity index (χ1n) is 13.6. The SMILES string of the molecule is CCC1/C(=C/c2ccc(/C=C3\C(=O)C(CC)(CS(=O)(=O)O)C(C)(C)C3C)cc2)C(=O)C(C)(CS(=O)(=O)O)C1(C)C. The molecule has 0 bridgehead atoms. The van der Waals surface area contributed by atoms with E-state index in [1.54, 1.807) is 26.0 Å². The first kappa shape index (κ1) is 32.4. The zero-order valence-corrected chi connectivity index (χ0v) is 26.2. The second kappa shape index (κ2) is 10.3. The summed E-state index contributed by atoms with van der Waals surface area (Å²) in [5.41, 5.74) is -1.45. The highest BCUT2D eigenvalue weighted by Gasteiger charge is 2.62. The molecule has 2 aliphatic rings. The van der Waals surface area contributed by atoms with E-state index in [0.29, 0.717) is 17.6 Å². The molecule has 40 heavy (non-hydrogen) atoms. The minimum Gasteiger partial charge on any atom is -0.294 e. The zero-order chi connectivity index (χ0) is 30.7. The Morgan fingerprint density at radius 2 is 1.20 bits per heavy atom. The summed E-state index contributed by atoms with van der Waals surface area (Å²) < 4.78 is 66.5. The van der Waals surface area contributed by atoms with Crippen molar-refractivity contribution in [2.75, 3.05) is 11.5 Å². The van der Waals surface area contributed by atoms with Gasteiger partial charge in [-0.3, -0.25) is 18.7 Å². The average Bonchev–Trinajstić information content (AvgIpc) is 3.03. The van der Waals surface area contributed by atoms with Gasteiger partial charge in [0, 0.05) is 0 Å². The van der Waals surface area contributed by atoms with E-state index >= 15 is 0 Å². The van der Waals surface area contributed by atoms with E-state index in [4.69, 9.17) is 0 Å². The average molecular weight is 595 g/mol. The van der Waals surface area contributed by atoms with Crippen molar-refractivity contribution in [1.82, 2.24) is 0 Å². The molecule has 4 unspecified atom stereocenters. The molecule has 4 atom stereocenters. The molecular formula is C30H42O8S2. The van der Waals surface area contributed by atoms with Crippen LogP contribution < -0.4 is 0 Å². The molecule has 0 aromatic heterocycles. The summed E-state index contributed by atoms with van der Waals surface area (Å²) in [5.74, 6) is -2.32. The van der Waals surface area contributed by atoms with Crippen molar-refractivity contribution in [2.24, 2.45) is 33.5 Å². The van der Waals surface area contributed by atoms with Gasteiger partial charge in [0.1, 0.15) is 0 Å². The molecule has 0 amide bonds. The summed E-state index contributed by atoms with van der Waals surface area (Å²) in [7, 11) is -8.77. The maximum Gasteiger partial charge on any atom is 0.265 e. The van der Waals surface area contributed by atoms with Crippen molar-refractivity contribution < 1.29 is 35.5 Å². The first-order chi connectivity index (χ1) is 18.1. The number of carbonyl (C=O) groups excluding carboxylic acids is 2. The van der Waals surface area contributed by atoms with Gasteiger partial charge < -0.3 is 0 Å². The normalized spacial score (nSPS) is 32.4. The summed E-state index contributed by atoms with van der Waals surface area (Å²) in [6, 6.07) is 7.24. The van der Waals surface area contributed by atoms with Gasteiger partial charge in [-0.15, -0.1) is 0 Å². The maximum atomic E-state index is 13.6. The summed E-state index contributed by atoms with van der Waals surface area (Å²) >= 11 is 0. The number of hydrogen-bond acceptors (Lipinski definition) is 6. The molecule has 0 saturated heterocycles. The second-order valence-corrected chi connectivity index (χ2v) is 15.8. The van der Waals surface area contributed by atoms with Crippen LogP contribution in [0.3, 0.4) is 0 Å². The van der Waals surface area contributed by atoms with Crippen LogP contribution >= 0.6 is 0 Å². The molecule has 2 N–H and O–H groups in total. The van der Waals surface area contributed by atoms with Crippen molar-refractivity contribution in [3.63, 3.8) is 0 Å². The van der Waals surface area contributed by atoms with Gasteiger partial charge >= 0.3 is 0 Å². The predicted octanol–water partition coefficient (Wildman–Crippen LogP) is 5.51. The summed E-state index contributed by atoms with van der Waals surface area (Å²) in [6.07, 6.45) is 4.42. The molecule has 0 spiro atoms. The van der Waals surface area contributed by atoms with E-state index < -0.39 is 53.4 Å². The fraction of sp³-hybridized carbons (Fsp3) is 0.600. The molecule has 10 heteroatoms. The standard InChI is InChI=1S/C30H42O8S2/c1-9-24-23(25(31)29(8,28(24,6)7)17-39(33,34)35)16-21-13-11-20(12-14-21)15-22-19(3)27(4,5)30(10-2,26(22)32)18-40(36,37)38/h11-16,19,24H,9-10,17-18H2,1-8H3,(H,33,34,35)(H,36,37,38)/b22-15-,23-16-. The van der Waals surface area contributed by atoms with E-state index in [-0.39, 0.29) is 29.8 Å². The van der Waals surface area contributed by atoms with Gasteiger partial charge in [0.25, 0.3) is 20.2 Å². The Morgan fingerprint density at radius 1 is 0.750 bits per heavy atom. The number of Topliss-reactive ketones (excluding diaryl/α,β-unsaturated/α-hetero) is 2. The Labute approximate surface area is 238 Å². The molecule has 8 nitrogen and oxygen atoms in total. The van der Waals surface area contributed by atoms with Crippen LogP contribution in [0.25, 0.3) is 12.2 Å². The third-order valence-corrected chi connectivity index (χ3v) is 12.2. The third-order valence-electron chi connectivity index (χ3n) is 10.4. The maximum absolute atomic E-state index is 13.6. The first-order valence-corrected chi connectivity index (χ1v) is 16.8. The highest BCUT2D eigenvalue weighted by atomic mass is 32.2. The fourth-order valence-corrected chi connectivity index (χ4v) is 9.71. The van der Waals surface area contributed by atoms with Gasteiger partial charge in [0.15, 0.2) is 11.6 Å². The molecule has 0 heterocycles. The fourth-order valence-electron chi connectivity index (χ4n) is 7.14. The lowest BCUT2D eigenvalue weighted by atomic mass is 9.64. The minimum absolute atomic E-state index is 0.210. The van der Waals surface area contributed by atoms with Crippen LogP contribution in [0.4, 0.5) is 0 Å². The Morgan fingerprint density at radius 3 is 1.60 bits per heavy atom. The van der Waals surface area contributed by atoms with Crippen LogP contribution in [0.1, 0.15) is 79.4 Å². The molecule has 1 aromatic carbocycles. The number of benzene rings is 1. The van der Waals surface area contributed by atoms with Gasteiger partial charge in [-0.1, -0.05) is 79.7 Å². The van der Waals surface area contributed by atoms with E-state index in [1.807, 2.05) is 65.8 Å². The number of carbonyl (C=O) groups is 2. The van der Waals surface area contributed by atoms with E-state index in [0.717, 1.165) is 11.1 Å². The van der Waals surface area contributed by atoms with Gasteiger partial charge in [0.05, 0.1) is 22.3 Å². The Kier molecular flexibility index (Phi) is 8.33. The van der Waals surface area contributed by atoms with Crippen LogP contribution in [0.2, 0.25) is 0 Å². The molecule has 3 rings (SSSR count). The van der Waals surface area contributed by atoms with Crippen molar-refractivity contribution in [1.29, 1.82) is 0 Å². The molecular weight excluding hydrogens is 552 g/mol. The largest absolute Gasteiger partial charge is 0.294 e. The Balaban J connectivity index is 2.01. The number of allylic oxidation sites excluding steroid dienone is 2. The highest BCUT2D eigenvalue weighted by molar-refractivity contribution is 7.86. The Bertz CT molecular complexity index is 1480. The van der Waals surface area contributed by atoms with Crippen molar-refractivity contribution >= 4 is 44.0 Å². The third kappa shape index (κ3) is 5.28. The minimum atomic E-state index is -4.39. The molecule has 0 aliphatic heterocycles. The molecule has 222 valence electrons. The van der Waals surface area contributed by atoms with E-state index in [9.17, 15) is 35.5 Å². The predicted molar refractivity (Wildman–Crippen MR) is 157 cm³/mol. The molecule has 2 fully saturated rings. The van der Waals surface area contributed by atoms with Crippen LogP contribution in [0.15, 0.2) is 35.4 Å². The summed E-state index contributed by atoms with van der Waals surface area (Å²) in [5, 5.41) is 0. The van der Waals surface area contributed by atoms with Gasteiger partial charge in [-0.2, -0.15) is 16.8 Å². The van der Waals surface area contributed by atoms with Crippen molar-refractivity contribution in [2.45, 2.75) is 68.2 Å². The highest BCUT2D eigenvalue weighted by Crippen LogP contribution is 2.59. The number of rotatable bonds is 8. The molecule has 2 saturated carbocycles. The van der Waals surface area contributed by atoms with E-state index in [1.165, 1.54) is 0 Å². The summed E-state index contributed by atoms with van der Waals surface area (Å²) in [6.45, 7) is 14.6.